The summed E-state index contributed by atoms with van der Waals surface area (Å²) in [7, 11) is 1.72. The van der Waals surface area contributed by atoms with Crippen molar-refractivity contribution in [1.82, 2.24) is 4.90 Å². The normalized spacial score (nSPS) is 17.1. The maximum atomic E-state index is 13.4. The number of ether oxygens (including phenoxy) is 1. The fraction of sp³-hybridized carbons (Fsp3) is 0.367. The van der Waals surface area contributed by atoms with Crippen LogP contribution in [0.2, 0.25) is 0 Å². The fourth-order valence-corrected chi connectivity index (χ4v) is 5.55. The number of hydrogen-bond donors (Lipinski definition) is 0. The predicted molar refractivity (Wildman–Crippen MR) is 137 cm³/mol. The number of aryl methyl sites for hydroxylation is 2. The van der Waals surface area contributed by atoms with E-state index >= 15 is 0 Å². The van der Waals surface area contributed by atoms with Crippen LogP contribution in [0.5, 0.6) is 5.75 Å². The predicted octanol–water partition coefficient (Wildman–Crippen LogP) is 5.52. The molecule has 0 saturated carbocycles. The van der Waals surface area contributed by atoms with Gasteiger partial charge in [-0.2, -0.15) is 0 Å². The van der Waals surface area contributed by atoms with Crippen LogP contribution in [0, 0.1) is 6.92 Å². The van der Waals surface area contributed by atoms with Gasteiger partial charge in [-0.25, -0.2) is 0 Å². The standard InChI is InChI=1S/C30H34N2O2/c1-23-8-10-25(11-9-23)21-31-18-16-30(17-19-31)22-32(28-14-13-26(34-2)20-27(28)30)29(33)15-12-24-6-4-3-5-7-24/h3-11,13-14,20H,12,15-19,21-22H2,1-2H3. The molecule has 3 aromatic carbocycles. The Kier molecular flexibility index (Phi) is 6.42. The number of anilines is 1. The molecule has 1 saturated heterocycles. The first-order valence-electron chi connectivity index (χ1n) is 12.4. The molecule has 2 aliphatic heterocycles. The lowest BCUT2D eigenvalue weighted by Gasteiger charge is -2.40. The molecule has 0 N–H and O–H groups in total. The van der Waals surface area contributed by atoms with Crippen LogP contribution >= 0.6 is 0 Å². The van der Waals surface area contributed by atoms with Crippen LogP contribution in [0.25, 0.3) is 0 Å². The zero-order chi connectivity index (χ0) is 23.5. The highest BCUT2D eigenvalue weighted by atomic mass is 16.5. The number of likely N-dealkylation sites (tertiary alicyclic amines) is 1. The number of fused-ring (bicyclic) bond motifs is 2. The highest BCUT2D eigenvalue weighted by molar-refractivity contribution is 5.96. The summed E-state index contributed by atoms with van der Waals surface area (Å²) in [6.07, 6.45) is 3.42. The summed E-state index contributed by atoms with van der Waals surface area (Å²) in [6, 6.07) is 25.4. The number of carbonyl (C=O) groups is 1. The number of nitrogens with zero attached hydrogens (tertiary/aromatic N) is 2. The van der Waals surface area contributed by atoms with Crippen LogP contribution in [-0.4, -0.2) is 37.6 Å². The molecule has 0 radical (unpaired) electrons. The van der Waals surface area contributed by atoms with E-state index in [1.807, 2.05) is 29.2 Å². The molecule has 0 bridgehead atoms. The molecule has 3 aromatic rings. The van der Waals surface area contributed by atoms with Crippen molar-refractivity contribution in [1.29, 1.82) is 0 Å². The lowest BCUT2D eigenvalue weighted by Crippen LogP contribution is -2.45. The van der Waals surface area contributed by atoms with Crippen LogP contribution in [0.4, 0.5) is 5.69 Å². The van der Waals surface area contributed by atoms with Crippen LogP contribution < -0.4 is 9.64 Å². The van der Waals surface area contributed by atoms with Crippen LogP contribution in [-0.2, 0) is 23.2 Å². The van der Waals surface area contributed by atoms with Crippen molar-refractivity contribution in [2.45, 2.75) is 44.6 Å². The third-order valence-electron chi connectivity index (χ3n) is 7.64. The molecule has 2 aliphatic rings. The van der Waals surface area contributed by atoms with E-state index < -0.39 is 0 Å². The van der Waals surface area contributed by atoms with E-state index in [1.165, 1.54) is 22.3 Å². The van der Waals surface area contributed by atoms with Gasteiger partial charge in [-0.05, 0) is 74.2 Å². The minimum absolute atomic E-state index is 0.00998. The zero-order valence-electron chi connectivity index (χ0n) is 20.3. The molecule has 4 heteroatoms. The van der Waals surface area contributed by atoms with Crippen molar-refractivity contribution in [3.63, 3.8) is 0 Å². The van der Waals surface area contributed by atoms with Gasteiger partial charge >= 0.3 is 0 Å². The Morgan fingerprint density at radius 2 is 1.68 bits per heavy atom. The summed E-state index contributed by atoms with van der Waals surface area (Å²) in [5.41, 5.74) is 6.25. The summed E-state index contributed by atoms with van der Waals surface area (Å²) in [6.45, 7) is 5.98. The van der Waals surface area contributed by atoms with Crippen molar-refractivity contribution in [3.05, 3.63) is 95.1 Å². The number of piperidine rings is 1. The Balaban J connectivity index is 1.32. The number of amides is 1. The average Bonchev–Trinajstić information content (AvgIpc) is 3.19. The summed E-state index contributed by atoms with van der Waals surface area (Å²) in [5.74, 6) is 1.09. The van der Waals surface area contributed by atoms with Gasteiger partial charge in [0.25, 0.3) is 0 Å². The van der Waals surface area contributed by atoms with Crippen LogP contribution in [0.15, 0.2) is 72.8 Å². The molecule has 1 fully saturated rings. The van der Waals surface area contributed by atoms with Gasteiger partial charge in [0.05, 0.1) is 7.11 Å². The molecule has 2 heterocycles. The molecule has 0 atom stereocenters. The summed E-state index contributed by atoms with van der Waals surface area (Å²) in [5, 5.41) is 0. The largest absolute Gasteiger partial charge is 0.497 e. The van der Waals surface area contributed by atoms with Gasteiger partial charge in [-0.3, -0.25) is 9.69 Å². The Morgan fingerprint density at radius 1 is 0.941 bits per heavy atom. The minimum Gasteiger partial charge on any atom is -0.497 e. The molecule has 4 nitrogen and oxygen atoms in total. The molecule has 1 spiro atoms. The molecule has 34 heavy (non-hydrogen) atoms. The minimum atomic E-state index is 0.00998. The quantitative estimate of drug-likeness (QED) is 0.492. The first-order valence-corrected chi connectivity index (χ1v) is 12.4. The Morgan fingerprint density at radius 3 is 2.38 bits per heavy atom. The van der Waals surface area contributed by atoms with Crippen molar-refractivity contribution in [2.75, 3.05) is 31.6 Å². The molecule has 5 rings (SSSR count). The Labute approximate surface area is 203 Å². The fourth-order valence-electron chi connectivity index (χ4n) is 5.55. The number of rotatable bonds is 6. The SMILES string of the molecule is COc1ccc2c(c1)C1(CCN(Cc3ccc(C)cc3)CC1)CN2C(=O)CCc1ccccc1. The third-order valence-corrected chi connectivity index (χ3v) is 7.64. The van der Waals surface area contributed by atoms with Gasteiger partial charge < -0.3 is 9.64 Å². The van der Waals surface area contributed by atoms with Crippen molar-refractivity contribution in [2.24, 2.45) is 0 Å². The Bertz CT molecular complexity index is 1130. The van der Waals surface area contributed by atoms with E-state index in [2.05, 4.69) is 60.4 Å². The summed E-state index contributed by atoms with van der Waals surface area (Å²) in [4.78, 5) is 18.0. The van der Waals surface area contributed by atoms with E-state index in [9.17, 15) is 4.79 Å². The third kappa shape index (κ3) is 4.60. The topological polar surface area (TPSA) is 32.8 Å². The lowest BCUT2D eigenvalue weighted by atomic mass is 9.74. The van der Waals surface area contributed by atoms with Crippen molar-refractivity contribution < 1.29 is 9.53 Å². The van der Waals surface area contributed by atoms with E-state index in [1.54, 1.807) is 7.11 Å². The summed E-state index contributed by atoms with van der Waals surface area (Å²) >= 11 is 0. The van der Waals surface area contributed by atoms with E-state index in [4.69, 9.17) is 4.74 Å². The van der Waals surface area contributed by atoms with Gasteiger partial charge in [-0.15, -0.1) is 0 Å². The second kappa shape index (κ2) is 9.63. The number of benzene rings is 3. The van der Waals surface area contributed by atoms with Gasteiger partial charge in [0.1, 0.15) is 5.75 Å². The van der Waals surface area contributed by atoms with Gasteiger partial charge in [0.2, 0.25) is 5.91 Å². The maximum Gasteiger partial charge on any atom is 0.227 e. The van der Waals surface area contributed by atoms with Crippen LogP contribution in [0.1, 0.15) is 41.5 Å². The molecular weight excluding hydrogens is 420 g/mol. The molecule has 0 aromatic heterocycles. The number of carbonyl (C=O) groups excluding carboxylic acids is 1. The lowest BCUT2D eigenvalue weighted by molar-refractivity contribution is -0.118. The second-order valence-electron chi connectivity index (χ2n) is 9.89. The average molecular weight is 455 g/mol. The smallest absolute Gasteiger partial charge is 0.227 e. The van der Waals surface area contributed by atoms with E-state index in [0.29, 0.717) is 6.42 Å². The number of hydrogen-bond acceptors (Lipinski definition) is 3. The highest BCUT2D eigenvalue weighted by Crippen LogP contribution is 2.48. The Hall–Kier alpha value is -3.11. The first-order chi connectivity index (χ1) is 16.6. The van der Waals surface area contributed by atoms with Gasteiger partial charge in [-0.1, -0.05) is 60.2 Å². The first kappa shape index (κ1) is 22.7. The highest BCUT2D eigenvalue weighted by Gasteiger charge is 2.46. The molecule has 1 amide bonds. The van der Waals surface area contributed by atoms with Gasteiger partial charge in [0, 0.05) is 30.6 Å². The van der Waals surface area contributed by atoms with Crippen LogP contribution in [0.3, 0.4) is 0 Å². The monoisotopic (exact) mass is 454 g/mol. The molecule has 0 aliphatic carbocycles. The molecular formula is C30H34N2O2. The summed E-state index contributed by atoms with van der Waals surface area (Å²) < 4.78 is 5.57. The van der Waals surface area contributed by atoms with Gasteiger partial charge in [0.15, 0.2) is 0 Å². The number of methoxy groups -OCH3 is 1. The maximum absolute atomic E-state index is 13.4. The van der Waals surface area contributed by atoms with Crippen molar-refractivity contribution >= 4 is 11.6 Å². The zero-order valence-corrected chi connectivity index (χ0v) is 20.3. The van der Waals surface area contributed by atoms with E-state index in [-0.39, 0.29) is 11.3 Å². The van der Waals surface area contributed by atoms with E-state index in [0.717, 1.165) is 56.9 Å². The van der Waals surface area contributed by atoms with Crippen molar-refractivity contribution in [3.8, 4) is 5.75 Å². The molecule has 0 unspecified atom stereocenters. The molecule has 176 valence electrons. The second-order valence-corrected chi connectivity index (χ2v) is 9.89.